The van der Waals surface area contributed by atoms with E-state index in [-0.39, 0.29) is 0 Å². The van der Waals surface area contributed by atoms with Crippen molar-refractivity contribution in [2.75, 3.05) is 0 Å². The van der Waals surface area contributed by atoms with Gasteiger partial charge in [-0.15, -0.1) is 0 Å². The molecule has 2 aromatic carbocycles. The molecule has 0 spiro atoms. The van der Waals surface area contributed by atoms with Crippen molar-refractivity contribution in [2.45, 2.75) is 45.7 Å². The Hall–Kier alpha value is -1.80. The van der Waals surface area contributed by atoms with Crippen LogP contribution in [-0.2, 0) is 6.42 Å². The molecule has 2 heteroatoms. The first-order chi connectivity index (χ1) is 10.1. The van der Waals surface area contributed by atoms with Crippen LogP contribution in [0.3, 0.4) is 0 Å². The average molecular weight is 283 g/mol. The molecular formula is C19H25NO. The molecule has 0 saturated heterocycles. The minimum atomic E-state index is 0.332. The van der Waals surface area contributed by atoms with Crippen LogP contribution in [0.15, 0.2) is 48.5 Å². The van der Waals surface area contributed by atoms with E-state index in [4.69, 9.17) is 0 Å². The van der Waals surface area contributed by atoms with Crippen LogP contribution in [0, 0.1) is 6.92 Å². The minimum Gasteiger partial charge on any atom is -0.508 e. The topological polar surface area (TPSA) is 32.3 Å². The lowest BCUT2D eigenvalue weighted by Gasteiger charge is -2.22. The standard InChI is InChI=1S/C19H25NO/c1-14-6-4-5-7-19(14)16(3)20-15(2)8-9-17-10-12-18(21)13-11-17/h4-7,10-13,15-16,20-21H,8-9H2,1-3H3/t15?,16-/m1/s1. The van der Waals surface area contributed by atoms with Gasteiger partial charge in [-0.2, -0.15) is 0 Å². The summed E-state index contributed by atoms with van der Waals surface area (Å²) in [5.74, 6) is 0.332. The van der Waals surface area contributed by atoms with E-state index in [2.05, 4.69) is 50.4 Å². The Balaban J connectivity index is 1.85. The number of rotatable bonds is 6. The molecular weight excluding hydrogens is 258 g/mol. The van der Waals surface area contributed by atoms with Gasteiger partial charge in [0.25, 0.3) is 0 Å². The molecule has 0 amide bonds. The third kappa shape index (κ3) is 4.61. The molecule has 0 radical (unpaired) electrons. The second-order valence-corrected chi connectivity index (χ2v) is 5.85. The summed E-state index contributed by atoms with van der Waals surface area (Å²) < 4.78 is 0. The van der Waals surface area contributed by atoms with Gasteiger partial charge in [-0.1, -0.05) is 36.4 Å². The van der Waals surface area contributed by atoms with Crippen molar-refractivity contribution in [1.82, 2.24) is 5.32 Å². The summed E-state index contributed by atoms with van der Waals surface area (Å²) in [5.41, 5.74) is 3.97. The second kappa shape index (κ2) is 7.28. The Morgan fingerprint density at radius 3 is 2.33 bits per heavy atom. The quantitative estimate of drug-likeness (QED) is 0.825. The van der Waals surface area contributed by atoms with Crippen molar-refractivity contribution in [3.8, 4) is 5.75 Å². The fourth-order valence-corrected chi connectivity index (χ4v) is 2.72. The Kier molecular flexibility index (Phi) is 5.40. The molecule has 0 fully saturated rings. The number of benzene rings is 2. The van der Waals surface area contributed by atoms with Gasteiger partial charge in [-0.05, 0) is 62.4 Å². The van der Waals surface area contributed by atoms with E-state index in [0.717, 1.165) is 12.8 Å². The summed E-state index contributed by atoms with van der Waals surface area (Å²) in [7, 11) is 0. The van der Waals surface area contributed by atoms with Crippen LogP contribution < -0.4 is 5.32 Å². The summed E-state index contributed by atoms with van der Waals surface area (Å²) in [6.45, 7) is 6.61. The van der Waals surface area contributed by atoms with Gasteiger partial charge >= 0.3 is 0 Å². The Bertz CT molecular complexity index is 562. The number of phenolic OH excluding ortho intramolecular Hbond substituents is 1. The smallest absolute Gasteiger partial charge is 0.115 e. The van der Waals surface area contributed by atoms with Gasteiger partial charge in [0.05, 0.1) is 0 Å². The van der Waals surface area contributed by atoms with Crippen molar-refractivity contribution in [3.05, 3.63) is 65.2 Å². The van der Waals surface area contributed by atoms with Crippen molar-refractivity contribution in [1.29, 1.82) is 0 Å². The molecule has 2 rings (SSSR count). The van der Waals surface area contributed by atoms with Crippen LogP contribution in [-0.4, -0.2) is 11.1 Å². The molecule has 2 N–H and O–H groups in total. The molecule has 1 unspecified atom stereocenters. The van der Waals surface area contributed by atoms with Crippen LogP contribution in [0.5, 0.6) is 5.75 Å². The molecule has 112 valence electrons. The lowest BCUT2D eigenvalue weighted by Crippen LogP contribution is -2.29. The molecule has 0 saturated carbocycles. The molecule has 0 aliphatic rings. The fourth-order valence-electron chi connectivity index (χ4n) is 2.72. The number of phenols is 1. The van der Waals surface area contributed by atoms with Crippen molar-refractivity contribution < 1.29 is 5.11 Å². The fraction of sp³-hybridized carbons (Fsp3) is 0.368. The Labute approximate surface area is 127 Å². The van der Waals surface area contributed by atoms with Crippen molar-refractivity contribution >= 4 is 0 Å². The largest absolute Gasteiger partial charge is 0.508 e. The van der Waals surface area contributed by atoms with Crippen LogP contribution >= 0.6 is 0 Å². The molecule has 21 heavy (non-hydrogen) atoms. The van der Waals surface area contributed by atoms with Crippen LogP contribution in [0.1, 0.15) is 43.0 Å². The highest BCUT2D eigenvalue weighted by atomic mass is 16.3. The first-order valence-electron chi connectivity index (χ1n) is 7.65. The number of nitrogens with one attached hydrogen (secondary N) is 1. The van der Waals surface area contributed by atoms with E-state index in [1.54, 1.807) is 12.1 Å². The maximum atomic E-state index is 9.29. The normalized spacial score (nSPS) is 13.9. The van der Waals surface area contributed by atoms with Gasteiger partial charge in [0, 0.05) is 12.1 Å². The molecule has 2 atom stereocenters. The highest BCUT2D eigenvalue weighted by Crippen LogP contribution is 2.18. The number of hydrogen-bond donors (Lipinski definition) is 2. The molecule has 0 heterocycles. The van der Waals surface area contributed by atoms with Gasteiger partial charge < -0.3 is 10.4 Å². The van der Waals surface area contributed by atoms with E-state index in [1.165, 1.54) is 16.7 Å². The third-order valence-electron chi connectivity index (χ3n) is 3.99. The van der Waals surface area contributed by atoms with Crippen LogP contribution in [0.4, 0.5) is 0 Å². The summed E-state index contributed by atoms with van der Waals surface area (Å²) in [5, 5.41) is 13.0. The van der Waals surface area contributed by atoms with Crippen LogP contribution in [0.25, 0.3) is 0 Å². The molecule has 2 aromatic rings. The highest BCUT2D eigenvalue weighted by Gasteiger charge is 2.11. The number of hydrogen-bond acceptors (Lipinski definition) is 2. The lowest BCUT2D eigenvalue weighted by atomic mass is 10.0. The van der Waals surface area contributed by atoms with Gasteiger partial charge in [0.15, 0.2) is 0 Å². The summed E-state index contributed by atoms with van der Waals surface area (Å²) in [4.78, 5) is 0. The predicted molar refractivity (Wildman–Crippen MR) is 88.6 cm³/mol. The van der Waals surface area contributed by atoms with Gasteiger partial charge in [0.2, 0.25) is 0 Å². The zero-order valence-corrected chi connectivity index (χ0v) is 13.1. The molecule has 0 aliphatic heterocycles. The SMILES string of the molecule is Cc1ccccc1[C@@H](C)NC(C)CCc1ccc(O)cc1. The van der Waals surface area contributed by atoms with Crippen molar-refractivity contribution in [3.63, 3.8) is 0 Å². The third-order valence-corrected chi connectivity index (χ3v) is 3.99. The predicted octanol–water partition coefficient (Wildman–Crippen LogP) is 4.37. The maximum Gasteiger partial charge on any atom is 0.115 e. The second-order valence-electron chi connectivity index (χ2n) is 5.85. The summed E-state index contributed by atoms with van der Waals surface area (Å²) in [6.07, 6.45) is 2.11. The number of aryl methyl sites for hydroxylation is 2. The molecule has 0 bridgehead atoms. The lowest BCUT2D eigenvalue weighted by molar-refractivity contribution is 0.455. The molecule has 0 aromatic heterocycles. The Morgan fingerprint density at radius 1 is 1.00 bits per heavy atom. The van der Waals surface area contributed by atoms with Gasteiger partial charge in [-0.3, -0.25) is 0 Å². The van der Waals surface area contributed by atoms with E-state index in [1.807, 2.05) is 12.1 Å². The maximum absolute atomic E-state index is 9.29. The molecule has 0 aliphatic carbocycles. The van der Waals surface area contributed by atoms with Crippen molar-refractivity contribution in [2.24, 2.45) is 0 Å². The zero-order chi connectivity index (χ0) is 15.2. The minimum absolute atomic E-state index is 0.332. The van der Waals surface area contributed by atoms with E-state index >= 15 is 0 Å². The molecule has 2 nitrogen and oxygen atoms in total. The highest BCUT2D eigenvalue weighted by molar-refractivity contribution is 5.28. The van der Waals surface area contributed by atoms with Crippen LogP contribution in [0.2, 0.25) is 0 Å². The summed E-state index contributed by atoms with van der Waals surface area (Å²) >= 11 is 0. The van der Waals surface area contributed by atoms with E-state index < -0.39 is 0 Å². The average Bonchev–Trinajstić information content (AvgIpc) is 2.47. The van der Waals surface area contributed by atoms with Gasteiger partial charge in [0.1, 0.15) is 5.75 Å². The first kappa shape index (κ1) is 15.6. The van der Waals surface area contributed by atoms with E-state index in [9.17, 15) is 5.11 Å². The summed E-state index contributed by atoms with van der Waals surface area (Å²) in [6, 6.07) is 16.8. The monoisotopic (exact) mass is 283 g/mol. The zero-order valence-electron chi connectivity index (χ0n) is 13.1. The first-order valence-corrected chi connectivity index (χ1v) is 7.65. The Morgan fingerprint density at radius 2 is 1.67 bits per heavy atom. The number of aromatic hydroxyl groups is 1. The van der Waals surface area contributed by atoms with Gasteiger partial charge in [-0.25, -0.2) is 0 Å². The van der Waals surface area contributed by atoms with E-state index in [0.29, 0.717) is 17.8 Å².